The van der Waals surface area contributed by atoms with Crippen LogP contribution in [0, 0.1) is 10.1 Å². The topological polar surface area (TPSA) is 111 Å². The van der Waals surface area contributed by atoms with Crippen molar-refractivity contribution in [1.82, 2.24) is 10.2 Å². The summed E-state index contributed by atoms with van der Waals surface area (Å²) in [6.07, 6.45) is -0.583. The molecule has 0 amide bonds. The predicted molar refractivity (Wildman–Crippen MR) is 152 cm³/mol. The number of nitrogens with zero attached hydrogens (tertiary/aromatic N) is 2. The Balaban J connectivity index is 1.69. The molecule has 1 N–H and O–H groups in total. The Kier molecular flexibility index (Phi) is 9.13. The number of non-ortho nitro benzene ring substituents is 1. The SMILES string of the molecule is COC(=O)C1=C(C)NC(C)=C(C(=O)OC(CN(C)Cc2ccccc2)c2cccs2)C1c1cccc([N+](=O)[O-])c1. The lowest BCUT2D eigenvalue weighted by Gasteiger charge is -2.31. The first-order valence-electron chi connectivity index (χ1n) is 12.7. The Bertz CT molecular complexity index is 1450. The van der Waals surface area contributed by atoms with Gasteiger partial charge in [-0.2, -0.15) is 0 Å². The molecular weight excluding hydrogens is 530 g/mol. The monoisotopic (exact) mass is 561 g/mol. The lowest BCUT2D eigenvalue weighted by Crippen LogP contribution is -2.34. The molecule has 1 aliphatic rings. The molecule has 10 heteroatoms. The van der Waals surface area contributed by atoms with E-state index in [0.29, 0.717) is 30.0 Å². The van der Waals surface area contributed by atoms with Gasteiger partial charge >= 0.3 is 11.9 Å². The first kappa shape index (κ1) is 28.7. The Morgan fingerprint density at radius 2 is 1.73 bits per heavy atom. The molecule has 1 aromatic heterocycles. The number of hydrogen-bond acceptors (Lipinski definition) is 9. The summed E-state index contributed by atoms with van der Waals surface area (Å²) >= 11 is 1.49. The summed E-state index contributed by atoms with van der Waals surface area (Å²) in [7, 11) is 3.22. The lowest BCUT2D eigenvalue weighted by atomic mass is 9.80. The van der Waals surface area contributed by atoms with Gasteiger partial charge in [-0.05, 0) is 43.5 Å². The van der Waals surface area contributed by atoms with Crippen LogP contribution in [0.25, 0.3) is 0 Å². The van der Waals surface area contributed by atoms with Gasteiger partial charge in [-0.3, -0.25) is 15.0 Å². The molecule has 2 heterocycles. The highest BCUT2D eigenvalue weighted by molar-refractivity contribution is 7.10. The summed E-state index contributed by atoms with van der Waals surface area (Å²) < 4.78 is 11.2. The maximum absolute atomic E-state index is 14.0. The molecule has 9 nitrogen and oxygen atoms in total. The fraction of sp³-hybridized carbons (Fsp3) is 0.267. The normalized spacial score (nSPS) is 16.0. The number of ether oxygens (including phenoxy) is 2. The van der Waals surface area contributed by atoms with Gasteiger partial charge in [0.1, 0.15) is 6.10 Å². The second kappa shape index (κ2) is 12.7. The summed E-state index contributed by atoms with van der Waals surface area (Å²) in [4.78, 5) is 40.9. The molecule has 2 aromatic carbocycles. The Labute approximate surface area is 236 Å². The number of allylic oxidation sites excluding steroid dienone is 2. The third kappa shape index (κ3) is 6.47. The van der Waals surface area contributed by atoms with Gasteiger partial charge in [0, 0.05) is 41.5 Å². The van der Waals surface area contributed by atoms with E-state index in [9.17, 15) is 19.7 Å². The van der Waals surface area contributed by atoms with Crippen molar-refractivity contribution >= 4 is 29.0 Å². The number of carbonyl (C=O) groups is 2. The van der Waals surface area contributed by atoms with Crippen LogP contribution >= 0.6 is 11.3 Å². The van der Waals surface area contributed by atoms with Gasteiger partial charge in [0.15, 0.2) is 0 Å². The van der Waals surface area contributed by atoms with Gasteiger partial charge in [0.05, 0.1) is 29.1 Å². The number of nitro benzene ring substituents is 1. The molecule has 0 saturated heterocycles. The molecule has 0 fully saturated rings. The average Bonchev–Trinajstić information content (AvgIpc) is 3.47. The smallest absolute Gasteiger partial charge is 0.337 e. The summed E-state index contributed by atoms with van der Waals surface area (Å²) in [5, 5.41) is 16.6. The molecule has 0 bridgehead atoms. The average molecular weight is 562 g/mol. The first-order valence-corrected chi connectivity index (χ1v) is 13.6. The van der Waals surface area contributed by atoms with Crippen molar-refractivity contribution in [3.63, 3.8) is 0 Å². The minimum absolute atomic E-state index is 0.151. The van der Waals surface area contributed by atoms with E-state index >= 15 is 0 Å². The van der Waals surface area contributed by atoms with E-state index in [1.54, 1.807) is 19.9 Å². The van der Waals surface area contributed by atoms with Gasteiger partial charge in [-0.25, -0.2) is 9.59 Å². The second-order valence-corrected chi connectivity index (χ2v) is 10.6. The van der Waals surface area contributed by atoms with Crippen LogP contribution in [0.3, 0.4) is 0 Å². The van der Waals surface area contributed by atoms with Gasteiger partial charge in [0.25, 0.3) is 5.69 Å². The van der Waals surface area contributed by atoms with Crippen LogP contribution in [-0.2, 0) is 25.6 Å². The molecule has 1 aliphatic heterocycles. The zero-order chi connectivity index (χ0) is 28.8. The molecule has 0 spiro atoms. The minimum atomic E-state index is -0.924. The maximum atomic E-state index is 14.0. The number of nitrogens with one attached hydrogen (secondary N) is 1. The Morgan fingerprint density at radius 3 is 2.35 bits per heavy atom. The van der Waals surface area contributed by atoms with E-state index < -0.39 is 28.9 Å². The van der Waals surface area contributed by atoms with Gasteiger partial charge in [-0.1, -0.05) is 48.5 Å². The van der Waals surface area contributed by atoms with Crippen molar-refractivity contribution in [2.75, 3.05) is 20.7 Å². The fourth-order valence-electron chi connectivity index (χ4n) is 4.89. The maximum Gasteiger partial charge on any atom is 0.337 e. The van der Waals surface area contributed by atoms with E-state index in [2.05, 4.69) is 10.2 Å². The fourth-order valence-corrected chi connectivity index (χ4v) is 5.64. The molecule has 2 atom stereocenters. The van der Waals surface area contributed by atoms with Crippen LogP contribution in [0.2, 0.25) is 0 Å². The van der Waals surface area contributed by atoms with Crippen molar-refractivity contribution in [3.8, 4) is 0 Å². The Hall–Kier alpha value is -4.28. The molecule has 40 heavy (non-hydrogen) atoms. The number of esters is 2. The molecule has 3 aromatic rings. The summed E-state index contributed by atoms with van der Waals surface area (Å²) in [5.74, 6) is -2.19. The zero-order valence-corrected chi connectivity index (χ0v) is 23.6. The summed E-state index contributed by atoms with van der Waals surface area (Å²) in [5.41, 5.74) is 2.76. The molecule has 2 unspecified atom stereocenters. The summed E-state index contributed by atoms with van der Waals surface area (Å²) in [6.45, 7) is 4.52. The van der Waals surface area contributed by atoms with E-state index in [-0.39, 0.29) is 16.8 Å². The second-order valence-electron chi connectivity index (χ2n) is 9.57. The van der Waals surface area contributed by atoms with Crippen molar-refractivity contribution in [2.45, 2.75) is 32.4 Å². The van der Waals surface area contributed by atoms with Gasteiger partial charge in [0.2, 0.25) is 0 Å². The highest BCUT2D eigenvalue weighted by Gasteiger charge is 2.39. The third-order valence-electron chi connectivity index (χ3n) is 6.68. The number of likely N-dealkylation sites (N-methyl/N-ethyl adjacent to an activating group) is 1. The van der Waals surface area contributed by atoms with Gasteiger partial charge in [-0.15, -0.1) is 11.3 Å². The molecular formula is C30H31N3O6S. The molecule has 4 rings (SSSR count). The standard InChI is InChI=1S/C30H31N3O6S/c1-19-26(29(34)38-4)28(22-12-8-13-23(16-22)33(36)37)27(20(2)31-19)30(35)39-24(25-14-9-15-40-25)18-32(3)17-21-10-6-5-7-11-21/h5-16,24,28,31H,17-18H2,1-4H3. The Morgan fingerprint density at radius 1 is 1.02 bits per heavy atom. The predicted octanol–water partition coefficient (Wildman–Crippen LogP) is 5.48. The number of carbonyl (C=O) groups excluding carboxylic acids is 2. The lowest BCUT2D eigenvalue weighted by molar-refractivity contribution is -0.384. The minimum Gasteiger partial charge on any atom is -0.466 e. The number of nitro groups is 1. The van der Waals surface area contributed by atoms with Crippen molar-refractivity contribution in [3.05, 3.63) is 121 Å². The first-order chi connectivity index (χ1) is 19.2. The third-order valence-corrected chi connectivity index (χ3v) is 7.65. The van der Waals surface area contributed by atoms with Crippen LogP contribution in [-0.4, -0.2) is 42.5 Å². The molecule has 208 valence electrons. The van der Waals surface area contributed by atoms with Crippen LogP contribution < -0.4 is 5.32 Å². The number of dihydropyridines is 1. The number of benzene rings is 2. The van der Waals surface area contributed by atoms with Crippen LogP contribution in [0.15, 0.2) is 94.7 Å². The van der Waals surface area contributed by atoms with E-state index in [1.165, 1.54) is 36.6 Å². The molecule has 0 radical (unpaired) electrons. The molecule has 0 aliphatic carbocycles. The van der Waals surface area contributed by atoms with E-state index in [0.717, 1.165) is 10.4 Å². The largest absolute Gasteiger partial charge is 0.466 e. The number of thiophene rings is 1. The van der Waals surface area contributed by atoms with Crippen LogP contribution in [0.5, 0.6) is 0 Å². The number of rotatable bonds is 10. The van der Waals surface area contributed by atoms with Crippen molar-refractivity contribution in [2.24, 2.45) is 0 Å². The van der Waals surface area contributed by atoms with Crippen LogP contribution in [0.4, 0.5) is 5.69 Å². The number of methoxy groups -OCH3 is 1. The number of hydrogen-bond donors (Lipinski definition) is 1. The van der Waals surface area contributed by atoms with E-state index in [4.69, 9.17) is 9.47 Å². The van der Waals surface area contributed by atoms with Crippen LogP contribution in [0.1, 0.15) is 41.9 Å². The zero-order valence-electron chi connectivity index (χ0n) is 22.7. The van der Waals surface area contributed by atoms with Crippen molar-refractivity contribution in [1.29, 1.82) is 0 Å². The quantitative estimate of drug-likeness (QED) is 0.197. The van der Waals surface area contributed by atoms with Crippen molar-refractivity contribution < 1.29 is 24.0 Å². The summed E-state index contributed by atoms with van der Waals surface area (Å²) in [6, 6.07) is 19.7. The van der Waals surface area contributed by atoms with E-state index in [1.807, 2.05) is 54.9 Å². The molecule has 0 saturated carbocycles. The van der Waals surface area contributed by atoms with Gasteiger partial charge < -0.3 is 14.8 Å². The highest BCUT2D eigenvalue weighted by atomic mass is 32.1. The highest BCUT2D eigenvalue weighted by Crippen LogP contribution is 2.41.